The van der Waals surface area contributed by atoms with Crippen molar-refractivity contribution in [3.05, 3.63) is 56.2 Å². The Balaban J connectivity index is 2.28. The molecule has 0 saturated carbocycles. The van der Waals surface area contributed by atoms with Crippen LogP contribution in [-0.4, -0.2) is 0 Å². The van der Waals surface area contributed by atoms with Gasteiger partial charge in [-0.3, -0.25) is 5.84 Å². The molecule has 0 saturated heterocycles. The standard InChI is InChI=1S/C14H17BrN2S/c1-9(2)10-3-5-11(6-4-10)14(17-16)13-7-12(15)8-18-13/h3-9,14,17H,16H2,1-2H3. The lowest BCUT2D eigenvalue weighted by Gasteiger charge is -2.15. The van der Waals surface area contributed by atoms with Gasteiger partial charge < -0.3 is 0 Å². The molecule has 0 aliphatic carbocycles. The average Bonchev–Trinajstić information content (AvgIpc) is 2.77. The molecular weight excluding hydrogens is 308 g/mol. The van der Waals surface area contributed by atoms with Crippen molar-refractivity contribution in [2.45, 2.75) is 25.8 Å². The van der Waals surface area contributed by atoms with Gasteiger partial charge in [0, 0.05) is 14.7 Å². The van der Waals surface area contributed by atoms with Crippen LogP contribution in [0.5, 0.6) is 0 Å². The molecule has 1 heterocycles. The molecule has 0 aliphatic rings. The zero-order valence-electron chi connectivity index (χ0n) is 10.5. The van der Waals surface area contributed by atoms with Crippen LogP contribution in [0.2, 0.25) is 0 Å². The zero-order valence-corrected chi connectivity index (χ0v) is 12.9. The lowest BCUT2D eigenvalue weighted by molar-refractivity contribution is 0.646. The van der Waals surface area contributed by atoms with Crippen LogP contribution in [-0.2, 0) is 0 Å². The fourth-order valence-electron chi connectivity index (χ4n) is 1.90. The molecule has 1 unspecified atom stereocenters. The van der Waals surface area contributed by atoms with E-state index in [-0.39, 0.29) is 6.04 Å². The van der Waals surface area contributed by atoms with E-state index in [1.165, 1.54) is 16.0 Å². The first kappa shape index (κ1) is 13.7. The van der Waals surface area contributed by atoms with E-state index in [2.05, 4.69) is 70.9 Å². The summed E-state index contributed by atoms with van der Waals surface area (Å²) in [7, 11) is 0. The van der Waals surface area contributed by atoms with E-state index in [0.717, 1.165) is 4.47 Å². The first-order valence-corrected chi connectivity index (χ1v) is 7.59. The van der Waals surface area contributed by atoms with Crippen molar-refractivity contribution in [2.75, 3.05) is 0 Å². The molecule has 1 aromatic heterocycles. The Hall–Kier alpha value is -0.680. The lowest BCUT2D eigenvalue weighted by Crippen LogP contribution is -2.28. The Labute approximate surface area is 120 Å². The van der Waals surface area contributed by atoms with Crippen LogP contribution < -0.4 is 11.3 Å². The van der Waals surface area contributed by atoms with E-state index in [1.807, 2.05) is 0 Å². The van der Waals surface area contributed by atoms with E-state index in [0.29, 0.717) is 5.92 Å². The molecule has 2 nitrogen and oxygen atoms in total. The van der Waals surface area contributed by atoms with Gasteiger partial charge in [0.2, 0.25) is 0 Å². The maximum Gasteiger partial charge on any atom is 0.0802 e. The van der Waals surface area contributed by atoms with Gasteiger partial charge in [-0.15, -0.1) is 11.3 Å². The Morgan fingerprint density at radius 3 is 2.22 bits per heavy atom. The van der Waals surface area contributed by atoms with Crippen molar-refractivity contribution < 1.29 is 0 Å². The lowest BCUT2D eigenvalue weighted by atomic mass is 9.99. The topological polar surface area (TPSA) is 38.0 Å². The van der Waals surface area contributed by atoms with E-state index in [9.17, 15) is 0 Å². The minimum Gasteiger partial charge on any atom is -0.271 e. The van der Waals surface area contributed by atoms with Gasteiger partial charge in [-0.1, -0.05) is 38.1 Å². The normalized spacial score (nSPS) is 12.9. The summed E-state index contributed by atoms with van der Waals surface area (Å²) >= 11 is 5.17. The van der Waals surface area contributed by atoms with Gasteiger partial charge in [0.25, 0.3) is 0 Å². The summed E-state index contributed by atoms with van der Waals surface area (Å²) in [5, 5.41) is 2.07. The molecule has 3 N–H and O–H groups in total. The van der Waals surface area contributed by atoms with Crippen LogP contribution in [0.15, 0.2) is 40.2 Å². The number of thiophene rings is 1. The van der Waals surface area contributed by atoms with Gasteiger partial charge in [-0.25, -0.2) is 5.43 Å². The zero-order chi connectivity index (χ0) is 13.1. The number of nitrogens with two attached hydrogens (primary N) is 1. The highest BCUT2D eigenvalue weighted by Gasteiger charge is 2.14. The molecule has 0 spiro atoms. The summed E-state index contributed by atoms with van der Waals surface area (Å²) in [6, 6.07) is 10.8. The monoisotopic (exact) mass is 324 g/mol. The van der Waals surface area contributed by atoms with Crippen LogP contribution >= 0.6 is 27.3 Å². The third-order valence-electron chi connectivity index (χ3n) is 2.98. The Morgan fingerprint density at radius 2 is 1.78 bits per heavy atom. The number of nitrogens with one attached hydrogen (secondary N) is 1. The van der Waals surface area contributed by atoms with Crippen LogP contribution in [0.1, 0.15) is 41.8 Å². The molecule has 0 amide bonds. The van der Waals surface area contributed by atoms with Crippen LogP contribution in [0.3, 0.4) is 0 Å². The van der Waals surface area contributed by atoms with E-state index < -0.39 is 0 Å². The number of hydrogen-bond donors (Lipinski definition) is 2. The quantitative estimate of drug-likeness (QED) is 0.653. The molecule has 0 bridgehead atoms. The fraction of sp³-hybridized carbons (Fsp3) is 0.286. The summed E-state index contributed by atoms with van der Waals surface area (Å²) in [6.45, 7) is 4.40. The average molecular weight is 325 g/mol. The van der Waals surface area contributed by atoms with Crippen LogP contribution in [0.25, 0.3) is 0 Å². The van der Waals surface area contributed by atoms with Gasteiger partial charge in [0.1, 0.15) is 0 Å². The minimum atomic E-state index is 0.0579. The van der Waals surface area contributed by atoms with Gasteiger partial charge in [-0.05, 0) is 39.0 Å². The highest BCUT2D eigenvalue weighted by molar-refractivity contribution is 9.10. The summed E-state index contributed by atoms with van der Waals surface area (Å²) in [6.07, 6.45) is 0. The Morgan fingerprint density at radius 1 is 1.17 bits per heavy atom. The maximum absolute atomic E-state index is 5.69. The van der Waals surface area contributed by atoms with Gasteiger partial charge in [0.15, 0.2) is 0 Å². The first-order valence-electron chi connectivity index (χ1n) is 5.91. The van der Waals surface area contributed by atoms with Gasteiger partial charge >= 0.3 is 0 Å². The number of halogens is 1. The van der Waals surface area contributed by atoms with E-state index in [1.54, 1.807) is 11.3 Å². The van der Waals surface area contributed by atoms with Gasteiger partial charge in [-0.2, -0.15) is 0 Å². The van der Waals surface area contributed by atoms with Crippen LogP contribution in [0, 0.1) is 0 Å². The van der Waals surface area contributed by atoms with Crippen molar-refractivity contribution in [3.8, 4) is 0 Å². The van der Waals surface area contributed by atoms with Crippen molar-refractivity contribution >= 4 is 27.3 Å². The van der Waals surface area contributed by atoms with Gasteiger partial charge in [0.05, 0.1) is 6.04 Å². The molecule has 96 valence electrons. The predicted molar refractivity (Wildman–Crippen MR) is 81.7 cm³/mol. The smallest absolute Gasteiger partial charge is 0.0802 e. The molecular formula is C14H17BrN2S. The number of hydrogen-bond acceptors (Lipinski definition) is 3. The van der Waals surface area contributed by atoms with Crippen molar-refractivity contribution in [1.29, 1.82) is 0 Å². The van der Waals surface area contributed by atoms with Crippen molar-refractivity contribution in [3.63, 3.8) is 0 Å². The molecule has 1 atom stereocenters. The molecule has 18 heavy (non-hydrogen) atoms. The Kier molecular flexibility index (Phi) is 4.56. The van der Waals surface area contributed by atoms with E-state index in [4.69, 9.17) is 5.84 Å². The van der Waals surface area contributed by atoms with E-state index >= 15 is 0 Å². The summed E-state index contributed by atoms with van der Waals surface area (Å²) in [5.41, 5.74) is 5.43. The number of benzene rings is 1. The summed E-state index contributed by atoms with van der Waals surface area (Å²) in [4.78, 5) is 1.21. The van der Waals surface area contributed by atoms with Crippen molar-refractivity contribution in [2.24, 2.45) is 5.84 Å². The largest absolute Gasteiger partial charge is 0.271 e. The SMILES string of the molecule is CC(C)c1ccc(C(NN)c2cc(Br)cs2)cc1. The van der Waals surface area contributed by atoms with Crippen molar-refractivity contribution in [1.82, 2.24) is 5.43 Å². The fourth-order valence-corrected chi connectivity index (χ4v) is 3.43. The molecule has 2 aromatic rings. The minimum absolute atomic E-state index is 0.0579. The molecule has 4 heteroatoms. The Bertz CT molecular complexity index is 505. The molecule has 0 fully saturated rings. The second-order valence-corrected chi connectivity index (χ2v) is 6.45. The number of rotatable bonds is 4. The second kappa shape index (κ2) is 5.97. The predicted octanol–water partition coefficient (Wildman–Crippen LogP) is 4.19. The number of hydrazine groups is 1. The third kappa shape index (κ3) is 3.01. The molecule has 0 aliphatic heterocycles. The highest BCUT2D eigenvalue weighted by atomic mass is 79.9. The second-order valence-electron chi connectivity index (χ2n) is 4.59. The highest BCUT2D eigenvalue weighted by Crippen LogP contribution is 2.30. The third-order valence-corrected chi connectivity index (χ3v) is 4.73. The maximum atomic E-state index is 5.69. The summed E-state index contributed by atoms with van der Waals surface area (Å²) in [5.74, 6) is 6.24. The molecule has 0 radical (unpaired) electrons. The first-order chi connectivity index (χ1) is 8.61. The van der Waals surface area contributed by atoms with Crippen LogP contribution in [0.4, 0.5) is 0 Å². The summed E-state index contributed by atoms with van der Waals surface area (Å²) < 4.78 is 1.10. The molecule has 2 rings (SSSR count). The molecule has 1 aromatic carbocycles.